The maximum Gasteiger partial charge on any atom is 0.272 e. The second-order valence-electron chi connectivity index (χ2n) is 6.26. The third kappa shape index (κ3) is 2.77. The Morgan fingerprint density at radius 2 is 1.96 bits per heavy atom. The van der Waals surface area contributed by atoms with Gasteiger partial charge in [0.05, 0.1) is 11.0 Å². The van der Waals surface area contributed by atoms with E-state index in [4.69, 9.17) is 0 Å². The van der Waals surface area contributed by atoms with Crippen LogP contribution in [-0.4, -0.2) is 22.5 Å². The van der Waals surface area contributed by atoms with Crippen molar-refractivity contribution in [2.45, 2.75) is 18.6 Å². The first-order chi connectivity index (χ1) is 12.5. The molecule has 0 aliphatic carbocycles. The lowest BCUT2D eigenvalue weighted by atomic mass is 10.1. The second-order valence-corrected chi connectivity index (χ2v) is 7.86. The predicted molar refractivity (Wildman–Crippen MR) is 103 cm³/mol. The van der Waals surface area contributed by atoms with E-state index >= 15 is 0 Å². The summed E-state index contributed by atoms with van der Waals surface area (Å²) in [5, 5.41) is 0.929. The minimum atomic E-state index is -4.16. The molecule has 0 saturated carbocycles. The van der Waals surface area contributed by atoms with Crippen molar-refractivity contribution in [2.24, 2.45) is 0 Å². The Morgan fingerprint density at radius 3 is 2.73 bits per heavy atom. The highest BCUT2D eigenvalue weighted by Crippen LogP contribution is 2.33. The molecule has 1 unspecified atom stereocenters. The van der Waals surface area contributed by atoms with Gasteiger partial charge in [-0.2, -0.15) is 8.42 Å². The number of hydrogen-bond acceptors (Lipinski definition) is 3. The van der Waals surface area contributed by atoms with E-state index in [-0.39, 0.29) is 0 Å². The van der Waals surface area contributed by atoms with Gasteiger partial charge in [-0.1, -0.05) is 25.1 Å². The highest BCUT2D eigenvalue weighted by molar-refractivity contribution is 7.86. The molecule has 0 aliphatic rings. The molecule has 0 saturated heterocycles. The summed E-state index contributed by atoms with van der Waals surface area (Å²) in [6.07, 6.45) is 3.99. The lowest BCUT2D eigenvalue weighted by Gasteiger charge is -2.14. The van der Waals surface area contributed by atoms with Crippen molar-refractivity contribution in [2.75, 3.05) is 0 Å². The van der Waals surface area contributed by atoms with E-state index in [1.807, 2.05) is 53.2 Å². The van der Waals surface area contributed by atoms with Crippen LogP contribution in [0.2, 0.25) is 0 Å². The van der Waals surface area contributed by atoms with Gasteiger partial charge in [0, 0.05) is 28.9 Å². The number of rotatable bonds is 4. The molecule has 4 aromatic rings. The SMILES string of the molecule is CCC(c1cccc2c1ccn2-c1ccc2ncccc2c1)S(=O)(=O)O. The molecule has 0 fully saturated rings. The number of fused-ring (bicyclic) bond motifs is 2. The summed E-state index contributed by atoms with van der Waals surface area (Å²) in [7, 11) is -4.16. The first-order valence-electron chi connectivity index (χ1n) is 8.40. The maximum absolute atomic E-state index is 11.8. The van der Waals surface area contributed by atoms with E-state index in [1.54, 1.807) is 19.2 Å². The molecular weight excluding hydrogens is 348 g/mol. The fraction of sp³-hybridized carbons (Fsp3) is 0.150. The van der Waals surface area contributed by atoms with E-state index in [0.717, 1.165) is 27.5 Å². The van der Waals surface area contributed by atoms with Crippen LogP contribution in [0, 0.1) is 0 Å². The van der Waals surface area contributed by atoms with Crippen molar-refractivity contribution < 1.29 is 13.0 Å². The van der Waals surface area contributed by atoms with Gasteiger partial charge in [0.15, 0.2) is 0 Å². The average Bonchev–Trinajstić information content (AvgIpc) is 3.05. The number of pyridine rings is 1. The summed E-state index contributed by atoms with van der Waals surface area (Å²) >= 11 is 0. The van der Waals surface area contributed by atoms with Gasteiger partial charge < -0.3 is 4.57 Å². The molecule has 1 atom stereocenters. The fourth-order valence-electron chi connectivity index (χ4n) is 3.50. The highest BCUT2D eigenvalue weighted by Gasteiger charge is 2.25. The molecule has 0 aliphatic heterocycles. The quantitative estimate of drug-likeness (QED) is 0.539. The molecule has 6 heteroatoms. The molecule has 132 valence electrons. The van der Waals surface area contributed by atoms with Crippen LogP contribution in [0.25, 0.3) is 27.5 Å². The van der Waals surface area contributed by atoms with Crippen molar-refractivity contribution in [1.29, 1.82) is 0 Å². The normalized spacial score (nSPS) is 13.3. The predicted octanol–water partition coefficient (Wildman–Crippen LogP) is 4.52. The molecule has 0 bridgehead atoms. The average molecular weight is 366 g/mol. The summed E-state index contributed by atoms with van der Waals surface area (Å²) < 4.78 is 35.2. The summed E-state index contributed by atoms with van der Waals surface area (Å²) in [6.45, 7) is 1.75. The van der Waals surface area contributed by atoms with Crippen LogP contribution < -0.4 is 0 Å². The lowest BCUT2D eigenvalue weighted by Crippen LogP contribution is -2.11. The van der Waals surface area contributed by atoms with Crippen LogP contribution in [0.15, 0.2) is 67.0 Å². The standard InChI is InChI=1S/C20H18N2O3S/c1-2-20(26(23,24)25)17-6-3-7-19-16(17)10-12-22(19)15-8-9-18-14(13-15)5-4-11-21-18/h3-13,20H,2H2,1H3,(H,23,24,25). The van der Waals surface area contributed by atoms with Crippen molar-refractivity contribution in [3.63, 3.8) is 0 Å². The van der Waals surface area contributed by atoms with Crippen LogP contribution in [-0.2, 0) is 10.1 Å². The Morgan fingerprint density at radius 1 is 1.12 bits per heavy atom. The molecule has 0 radical (unpaired) electrons. The van der Waals surface area contributed by atoms with Crippen molar-refractivity contribution in [3.8, 4) is 5.69 Å². The molecule has 5 nitrogen and oxygen atoms in total. The molecular formula is C20H18N2O3S. The molecule has 2 aromatic carbocycles. The van der Waals surface area contributed by atoms with Crippen molar-refractivity contribution >= 4 is 31.9 Å². The van der Waals surface area contributed by atoms with E-state index < -0.39 is 15.4 Å². The number of benzene rings is 2. The van der Waals surface area contributed by atoms with E-state index in [0.29, 0.717) is 12.0 Å². The van der Waals surface area contributed by atoms with Gasteiger partial charge in [0.25, 0.3) is 10.1 Å². The van der Waals surface area contributed by atoms with Gasteiger partial charge in [-0.05, 0) is 48.4 Å². The molecule has 4 rings (SSSR count). The number of aromatic nitrogens is 2. The van der Waals surface area contributed by atoms with Crippen LogP contribution >= 0.6 is 0 Å². The first kappa shape index (κ1) is 16.8. The minimum absolute atomic E-state index is 0.310. The third-order valence-corrected chi connectivity index (χ3v) is 6.01. The Balaban J connectivity index is 1.91. The zero-order chi connectivity index (χ0) is 18.3. The van der Waals surface area contributed by atoms with Crippen molar-refractivity contribution in [1.82, 2.24) is 9.55 Å². The highest BCUT2D eigenvalue weighted by atomic mass is 32.2. The topological polar surface area (TPSA) is 72.2 Å². The smallest absolute Gasteiger partial charge is 0.272 e. The Bertz CT molecular complexity index is 1210. The third-order valence-electron chi connectivity index (χ3n) is 4.71. The molecule has 2 aromatic heterocycles. The molecule has 0 spiro atoms. The number of nitrogens with zero attached hydrogens (tertiary/aromatic N) is 2. The largest absolute Gasteiger partial charge is 0.317 e. The van der Waals surface area contributed by atoms with E-state index in [2.05, 4.69) is 11.1 Å². The summed E-state index contributed by atoms with van der Waals surface area (Å²) in [6, 6.07) is 17.3. The van der Waals surface area contributed by atoms with Crippen LogP contribution in [0.5, 0.6) is 0 Å². The number of hydrogen-bond donors (Lipinski definition) is 1. The van der Waals surface area contributed by atoms with Crippen LogP contribution in [0.1, 0.15) is 24.2 Å². The van der Waals surface area contributed by atoms with Crippen molar-refractivity contribution in [3.05, 3.63) is 72.6 Å². The van der Waals surface area contributed by atoms with Gasteiger partial charge in [-0.15, -0.1) is 0 Å². The van der Waals surface area contributed by atoms with Crippen LogP contribution in [0.3, 0.4) is 0 Å². The molecule has 2 heterocycles. The van der Waals surface area contributed by atoms with Gasteiger partial charge >= 0.3 is 0 Å². The second kappa shape index (κ2) is 6.23. The van der Waals surface area contributed by atoms with Gasteiger partial charge in [0.1, 0.15) is 5.25 Å². The molecule has 1 N–H and O–H groups in total. The molecule has 26 heavy (non-hydrogen) atoms. The summed E-state index contributed by atoms with van der Waals surface area (Å²) in [4.78, 5) is 4.34. The minimum Gasteiger partial charge on any atom is -0.317 e. The summed E-state index contributed by atoms with van der Waals surface area (Å²) in [5.74, 6) is 0. The van der Waals surface area contributed by atoms with Gasteiger partial charge in [-0.3, -0.25) is 9.54 Å². The van der Waals surface area contributed by atoms with Gasteiger partial charge in [0.2, 0.25) is 0 Å². The van der Waals surface area contributed by atoms with Gasteiger partial charge in [-0.25, -0.2) is 0 Å². The van der Waals surface area contributed by atoms with E-state index in [1.165, 1.54) is 0 Å². The fourth-order valence-corrected chi connectivity index (χ4v) is 4.45. The zero-order valence-corrected chi connectivity index (χ0v) is 15.0. The Hall–Kier alpha value is -2.70. The Labute approximate surface area is 151 Å². The Kier molecular flexibility index (Phi) is 4.01. The monoisotopic (exact) mass is 366 g/mol. The molecule has 0 amide bonds. The van der Waals surface area contributed by atoms with E-state index in [9.17, 15) is 13.0 Å². The lowest BCUT2D eigenvalue weighted by molar-refractivity contribution is 0.467. The van der Waals surface area contributed by atoms with Crippen LogP contribution in [0.4, 0.5) is 0 Å². The summed E-state index contributed by atoms with van der Waals surface area (Å²) in [5.41, 5.74) is 3.41. The first-order valence-corrected chi connectivity index (χ1v) is 9.91. The maximum atomic E-state index is 11.8. The zero-order valence-electron chi connectivity index (χ0n) is 14.2.